The van der Waals surface area contributed by atoms with Crippen LogP contribution in [0.4, 0.5) is 8.78 Å². The molecule has 1 aliphatic rings. The zero-order valence-corrected chi connectivity index (χ0v) is 20.0. The molecule has 1 atom stereocenters. The Balaban J connectivity index is 1.59. The number of hydrogen-bond acceptors (Lipinski definition) is 5. The molecule has 6 nitrogen and oxygen atoms in total. The number of amides is 2. The highest BCUT2D eigenvalue weighted by Gasteiger charge is 2.34. The number of halogens is 2. The molecule has 1 saturated heterocycles. The third kappa shape index (κ3) is 6.69. The second-order valence-electron chi connectivity index (χ2n) is 8.13. The molecule has 1 fully saturated rings. The topological polar surface area (TPSA) is 64.7 Å². The molecule has 2 amide bonds. The molecule has 0 saturated carbocycles. The number of piperidine rings is 1. The molecule has 1 heterocycles. The average Bonchev–Trinajstić information content (AvgIpc) is 2.85. The van der Waals surface area contributed by atoms with Crippen LogP contribution in [0.5, 0.6) is 0 Å². The Kier molecular flexibility index (Phi) is 9.69. The summed E-state index contributed by atoms with van der Waals surface area (Å²) in [6, 6.07) is 12.3. The van der Waals surface area contributed by atoms with Crippen LogP contribution in [0.3, 0.4) is 0 Å². The molecular weight excluding hydrogens is 458 g/mol. The molecule has 0 bridgehead atoms. The predicted octanol–water partition coefficient (Wildman–Crippen LogP) is 3.06. The Bertz CT molecular complexity index is 1020. The van der Waals surface area contributed by atoms with E-state index in [9.17, 15) is 18.4 Å². The summed E-state index contributed by atoms with van der Waals surface area (Å²) in [6.07, 6.45) is 5.82. The minimum Gasteiger partial charge on any atom is -0.346 e. The summed E-state index contributed by atoms with van der Waals surface area (Å²) in [5.41, 5.74) is 0.649. The van der Waals surface area contributed by atoms with Gasteiger partial charge in [0.25, 0.3) is 6.43 Å². The van der Waals surface area contributed by atoms with Gasteiger partial charge in [-0.25, -0.2) is 13.1 Å². The standard InChI is InChI=1S/C25H30F2N4O2S/c1-3-13-28-22(32)16-29-23(33)17-31(34-2)19-11-14-30(15-12-19)24(25(26)27)21-10-6-8-18-7-4-5-9-20(18)21/h1,4-10,19,24-25H,11-17H2,2H3,(H,28,32)(H,29,33). The van der Waals surface area contributed by atoms with E-state index in [0.29, 0.717) is 31.5 Å². The molecule has 0 spiro atoms. The van der Waals surface area contributed by atoms with Gasteiger partial charge in [0.1, 0.15) is 0 Å². The van der Waals surface area contributed by atoms with Crippen LogP contribution in [-0.4, -0.2) is 72.5 Å². The number of likely N-dealkylation sites (tertiary alicyclic amines) is 1. The molecule has 1 aliphatic heterocycles. The average molecular weight is 489 g/mol. The quantitative estimate of drug-likeness (QED) is 0.398. The highest BCUT2D eigenvalue weighted by Crippen LogP contribution is 2.35. The van der Waals surface area contributed by atoms with Crippen LogP contribution in [0, 0.1) is 12.3 Å². The maximum absolute atomic E-state index is 14.3. The number of terminal acetylenes is 1. The highest BCUT2D eigenvalue weighted by atomic mass is 32.2. The molecule has 9 heteroatoms. The number of hydrogen-bond donors (Lipinski definition) is 2. The van der Waals surface area contributed by atoms with Crippen molar-refractivity contribution in [2.45, 2.75) is 31.4 Å². The van der Waals surface area contributed by atoms with E-state index in [2.05, 4.69) is 16.6 Å². The largest absolute Gasteiger partial charge is 0.346 e. The van der Waals surface area contributed by atoms with Crippen molar-refractivity contribution < 1.29 is 18.4 Å². The van der Waals surface area contributed by atoms with Crippen molar-refractivity contribution in [3.05, 3.63) is 48.0 Å². The molecule has 34 heavy (non-hydrogen) atoms. The van der Waals surface area contributed by atoms with E-state index in [1.807, 2.05) is 51.9 Å². The van der Waals surface area contributed by atoms with Gasteiger partial charge in [-0.1, -0.05) is 60.3 Å². The Labute approximate surface area is 203 Å². The van der Waals surface area contributed by atoms with Crippen molar-refractivity contribution in [3.8, 4) is 12.3 Å². The van der Waals surface area contributed by atoms with Gasteiger partial charge >= 0.3 is 0 Å². The van der Waals surface area contributed by atoms with Gasteiger partial charge in [-0.05, 0) is 35.4 Å². The minimum atomic E-state index is -2.51. The first-order valence-electron chi connectivity index (χ1n) is 11.2. The molecule has 3 rings (SSSR count). The lowest BCUT2D eigenvalue weighted by molar-refractivity contribution is -0.126. The number of fused-ring (bicyclic) bond motifs is 1. The number of carbonyl (C=O) groups excluding carboxylic acids is 2. The van der Waals surface area contributed by atoms with Crippen molar-refractivity contribution in [2.24, 2.45) is 0 Å². The van der Waals surface area contributed by atoms with Crippen molar-refractivity contribution in [3.63, 3.8) is 0 Å². The molecule has 2 aromatic carbocycles. The van der Waals surface area contributed by atoms with Crippen LogP contribution >= 0.6 is 11.9 Å². The molecule has 182 valence electrons. The number of alkyl halides is 2. The van der Waals surface area contributed by atoms with Crippen molar-refractivity contribution >= 4 is 34.5 Å². The summed E-state index contributed by atoms with van der Waals surface area (Å²) in [5, 5.41) is 6.89. The van der Waals surface area contributed by atoms with E-state index < -0.39 is 12.5 Å². The van der Waals surface area contributed by atoms with Gasteiger partial charge in [0.05, 0.1) is 25.7 Å². The third-order valence-corrected chi connectivity index (χ3v) is 6.94. The minimum absolute atomic E-state index is 0.0816. The number of nitrogens with zero attached hydrogens (tertiary/aromatic N) is 2. The SMILES string of the molecule is C#CCNC(=O)CNC(=O)CN(SC)C1CCN(C(c2cccc3ccccc23)C(F)F)CC1. The monoisotopic (exact) mass is 488 g/mol. The lowest BCUT2D eigenvalue weighted by Crippen LogP contribution is -2.48. The second kappa shape index (κ2) is 12.7. The van der Waals surface area contributed by atoms with Crippen LogP contribution in [-0.2, 0) is 9.59 Å². The van der Waals surface area contributed by atoms with Gasteiger partial charge in [0, 0.05) is 19.1 Å². The van der Waals surface area contributed by atoms with E-state index in [0.717, 1.165) is 10.8 Å². The van der Waals surface area contributed by atoms with Crippen molar-refractivity contribution in [2.75, 3.05) is 39.0 Å². The van der Waals surface area contributed by atoms with E-state index in [-0.39, 0.29) is 37.5 Å². The fourth-order valence-corrected chi connectivity index (χ4v) is 5.14. The van der Waals surface area contributed by atoms with Gasteiger partial charge in [-0.3, -0.25) is 14.5 Å². The third-order valence-electron chi connectivity index (χ3n) is 6.05. The number of nitrogens with one attached hydrogen (secondary N) is 2. The van der Waals surface area contributed by atoms with Crippen LogP contribution in [0.1, 0.15) is 24.4 Å². The number of benzene rings is 2. The summed E-state index contributed by atoms with van der Waals surface area (Å²) in [7, 11) is 0. The molecule has 1 unspecified atom stereocenters. The van der Waals surface area contributed by atoms with Crippen LogP contribution in [0.25, 0.3) is 10.8 Å². The zero-order chi connectivity index (χ0) is 24.5. The molecular formula is C25H30F2N4O2S. The van der Waals surface area contributed by atoms with E-state index in [1.165, 1.54) is 11.9 Å². The lowest BCUT2D eigenvalue weighted by Gasteiger charge is -2.40. The number of rotatable bonds is 10. The van der Waals surface area contributed by atoms with Gasteiger partial charge in [0.2, 0.25) is 11.8 Å². The van der Waals surface area contributed by atoms with Crippen LogP contribution in [0.15, 0.2) is 42.5 Å². The van der Waals surface area contributed by atoms with Gasteiger partial charge in [-0.15, -0.1) is 6.42 Å². The van der Waals surface area contributed by atoms with Gasteiger partial charge < -0.3 is 10.6 Å². The predicted molar refractivity (Wildman–Crippen MR) is 132 cm³/mol. The van der Waals surface area contributed by atoms with E-state index in [1.54, 1.807) is 6.07 Å². The van der Waals surface area contributed by atoms with Crippen LogP contribution < -0.4 is 10.6 Å². The Morgan fingerprint density at radius 3 is 2.53 bits per heavy atom. The zero-order valence-electron chi connectivity index (χ0n) is 19.2. The Hall–Kier alpha value is -2.67. The second-order valence-corrected chi connectivity index (χ2v) is 8.96. The Morgan fingerprint density at radius 1 is 1.15 bits per heavy atom. The molecule has 2 aromatic rings. The fourth-order valence-electron chi connectivity index (χ4n) is 4.38. The highest BCUT2D eigenvalue weighted by molar-refractivity contribution is 7.96. The maximum atomic E-state index is 14.3. The first-order valence-corrected chi connectivity index (χ1v) is 12.4. The van der Waals surface area contributed by atoms with Crippen LogP contribution in [0.2, 0.25) is 0 Å². The number of carbonyl (C=O) groups is 2. The molecule has 0 aliphatic carbocycles. The van der Waals surface area contributed by atoms with Gasteiger partial charge in [0.15, 0.2) is 0 Å². The molecule has 2 N–H and O–H groups in total. The first kappa shape index (κ1) is 25.9. The lowest BCUT2D eigenvalue weighted by atomic mass is 9.95. The van der Waals surface area contributed by atoms with Gasteiger partial charge in [-0.2, -0.15) is 0 Å². The summed E-state index contributed by atoms with van der Waals surface area (Å²) in [6.45, 7) is 1.12. The molecule has 0 aromatic heterocycles. The summed E-state index contributed by atoms with van der Waals surface area (Å²) in [5.74, 6) is 1.69. The van der Waals surface area contributed by atoms with Crippen molar-refractivity contribution in [1.82, 2.24) is 19.8 Å². The Morgan fingerprint density at radius 2 is 1.85 bits per heavy atom. The molecule has 0 radical (unpaired) electrons. The summed E-state index contributed by atoms with van der Waals surface area (Å²) >= 11 is 1.45. The summed E-state index contributed by atoms with van der Waals surface area (Å²) in [4.78, 5) is 25.8. The summed E-state index contributed by atoms with van der Waals surface area (Å²) < 4.78 is 30.5. The normalized spacial score (nSPS) is 15.9. The van der Waals surface area contributed by atoms with Crippen molar-refractivity contribution in [1.29, 1.82) is 0 Å². The smallest absolute Gasteiger partial charge is 0.258 e. The maximum Gasteiger partial charge on any atom is 0.258 e. The fraction of sp³-hybridized carbons (Fsp3) is 0.440. The van der Waals surface area contributed by atoms with E-state index >= 15 is 0 Å². The van der Waals surface area contributed by atoms with E-state index in [4.69, 9.17) is 6.42 Å². The first-order chi connectivity index (χ1) is 16.4.